The van der Waals surface area contributed by atoms with Crippen molar-refractivity contribution in [1.82, 2.24) is 0 Å². The second-order valence-corrected chi connectivity index (χ2v) is 7.68. The normalized spacial score (nSPS) is 11.0. The van der Waals surface area contributed by atoms with Gasteiger partial charge in [-0.25, -0.2) is 10.0 Å². The van der Waals surface area contributed by atoms with Crippen LogP contribution in [0.1, 0.15) is 35.3 Å². The fourth-order valence-corrected chi connectivity index (χ4v) is 3.23. The smallest absolute Gasteiger partial charge is 0.347 e. The van der Waals surface area contributed by atoms with Gasteiger partial charge in [-0.3, -0.25) is 0 Å². The molecule has 0 heterocycles. The standard InChI is InChI=1S/C26H28N2O6/c1-16(2)33-25-13-18(27)8-12-22(25)26(29)34-20-14-23(31-3)21(24(15-20)32-4)11-7-17-5-9-19(28-30)10-6-17/h5-16,28,30H,27H2,1-4H3/p+1/b11-7+. The average molecular weight is 466 g/mol. The van der Waals surface area contributed by atoms with Gasteiger partial charge in [-0.15, -0.1) is 0 Å². The molecule has 0 aliphatic rings. The quantitative estimate of drug-likeness (QED) is 0.143. The Morgan fingerprint density at radius 3 is 2.15 bits per heavy atom. The van der Waals surface area contributed by atoms with Crippen molar-refractivity contribution in [1.29, 1.82) is 0 Å². The average Bonchev–Trinajstić information content (AvgIpc) is 2.82. The van der Waals surface area contributed by atoms with Gasteiger partial charge < -0.3 is 24.7 Å². The molecule has 0 fully saturated rings. The minimum atomic E-state index is -0.594. The van der Waals surface area contributed by atoms with Gasteiger partial charge in [0, 0.05) is 36.0 Å². The highest BCUT2D eigenvalue weighted by molar-refractivity contribution is 5.94. The molecule has 3 aromatic carbocycles. The van der Waals surface area contributed by atoms with Gasteiger partial charge in [0.25, 0.3) is 0 Å². The molecule has 0 radical (unpaired) electrons. The zero-order valence-corrected chi connectivity index (χ0v) is 19.6. The van der Waals surface area contributed by atoms with Crippen LogP contribution in [0.2, 0.25) is 0 Å². The van der Waals surface area contributed by atoms with Crippen LogP contribution in [0.5, 0.6) is 23.0 Å². The number of hydrogen-bond donors (Lipinski definition) is 3. The lowest BCUT2D eigenvalue weighted by molar-refractivity contribution is -0.825. The molecule has 3 rings (SSSR count). The summed E-state index contributed by atoms with van der Waals surface area (Å²) in [5, 5.41) is 9.08. The van der Waals surface area contributed by atoms with Gasteiger partial charge in [-0.1, -0.05) is 6.08 Å². The highest BCUT2D eigenvalue weighted by Crippen LogP contribution is 2.36. The van der Waals surface area contributed by atoms with Crippen molar-refractivity contribution in [2.75, 3.05) is 20.0 Å². The van der Waals surface area contributed by atoms with E-state index in [2.05, 4.69) is 0 Å². The van der Waals surface area contributed by atoms with E-state index >= 15 is 0 Å². The lowest BCUT2D eigenvalue weighted by atomic mass is 10.1. The number of carbonyl (C=O) groups excluding carboxylic acids is 1. The van der Waals surface area contributed by atoms with Crippen molar-refractivity contribution in [3.63, 3.8) is 0 Å². The van der Waals surface area contributed by atoms with E-state index in [1.165, 1.54) is 14.2 Å². The molecule has 0 amide bonds. The molecule has 0 aliphatic carbocycles. The molecule has 0 bridgehead atoms. The lowest BCUT2D eigenvalue weighted by Gasteiger charge is -2.16. The summed E-state index contributed by atoms with van der Waals surface area (Å²) in [5.41, 5.74) is 9.94. The SMILES string of the molecule is COc1cc(OC(=O)c2ccc(N)cc2OC(C)C)cc(OC)c1/C=C/c1ccc([NH2+]O)cc1. The molecular weight excluding hydrogens is 436 g/mol. The van der Waals surface area contributed by atoms with Crippen LogP contribution >= 0.6 is 0 Å². The van der Waals surface area contributed by atoms with Crippen LogP contribution in [0.4, 0.5) is 11.4 Å². The molecule has 0 atom stereocenters. The second kappa shape index (κ2) is 11.2. The maximum Gasteiger partial charge on any atom is 0.347 e. The molecule has 3 aromatic rings. The first-order valence-corrected chi connectivity index (χ1v) is 10.6. The van der Waals surface area contributed by atoms with Crippen molar-refractivity contribution in [2.24, 2.45) is 0 Å². The van der Waals surface area contributed by atoms with Gasteiger partial charge >= 0.3 is 5.97 Å². The molecule has 178 valence electrons. The molecular formula is C26H29N2O6+. The van der Waals surface area contributed by atoms with E-state index in [1.807, 2.05) is 38.1 Å². The number of anilines is 1. The predicted octanol–water partition coefficient (Wildman–Crippen LogP) is 4.05. The minimum absolute atomic E-state index is 0.141. The Morgan fingerprint density at radius 2 is 1.59 bits per heavy atom. The van der Waals surface area contributed by atoms with Crippen molar-refractivity contribution >= 4 is 29.5 Å². The van der Waals surface area contributed by atoms with Crippen LogP contribution in [0.15, 0.2) is 54.6 Å². The highest BCUT2D eigenvalue weighted by atomic mass is 16.5. The topological polar surface area (TPSA) is 117 Å². The van der Waals surface area contributed by atoms with E-state index in [0.29, 0.717) is 34.2 Å². The van der Waals surface area contributed by atoms with Gasteiger partial charge in [0.05, 0.1) is 25.9 Å². The molecule has 8 nitrogen and oxygen atoms in total. The monoisotopic (exact) mass is 465 g/mol. The Morgan fingerprint density at radius 1 is 0.941 bits per heavy atom. The molecule has 8 heteroatoms. The second-order valence-electron chi connectivity index (χ2n) is 7.68. The molecule has 5 N–H and O–H groups in total. The maximum atomic E-state index is 12.9. The lowest BCUT2D eigenvalue weighted by Crippen LogP contribution is -2.73. The summed E-state index contributed by atoms with van der Waals surface area (Å²) < 4.78 is 22.4. The van der Waals surface area contributed by atoms with Crippen LogP contribution < -0.4 is 30.2 Å². The van der Waals surface area contributed by atoms with E-state index in [9.17, 15) is 4.79 Å². The van der Waals surface area contributed by atoms with Crippen LogP contribution in [-0.2, 0) is 0 Å². The fourth-order valence-electron chi connectivity index (χ4n) is 3.23. The fraction of sp³-hybridized carbons (Fsp3) is 0.192. The number of quaternary nitrogens is 1. The number of esters is 1. The summed E-state index contributed by atoms with van der Waals surface area (Å²) in [6, 6.07) is 15.3. The van der Waals surface area contributed by atoms with Gasteiger partial charge in [0.1, 0.15) is 28.6 Å². The summed E-state index contributed by atoms with van der Waals surface area (Å²) in [5.74, 6) is 0.947. The molecule has 0 aliphatic heterocycles. The van der Waals surface area contributed by atoms with E-state index in [1.54, 1.807) is 42.5 Å². The first kappa shape index (κ1) is 24.6. The summed E-state index contributed by atoms with van der Waals surface area (Å²) in [7, 11) is 3.05. The van der Waals surface area contributed by atoms with Gasteiger partial charge in [-0.05, 0) is 49.8 Å². The first-order valence-electron chi connectivity index (χ1n) is 10.6. The zero-order chi connectivity index (χ0) is 24.7. The molecule has 0 saturated carbocycles. The van der Waals surface area contributed by atoms with Gasteiger partial charge in [-0.2, -0.15) is 5.48 Å². The van der Waals surface area contributed by atoms with E-state index in [0.717, 1.165) is 11.0 Å². The summed E-state index contributed by atoms with van der Waals surface area (Å²) in [4.78, 5) is 12.9. The van der Waals surface area contributed by atoms with Crippen molar-refractivity contribution in [2.45, 2.75) is 20.0 Å². The Hall–Kier alpha value is -4.01. The van der Waals surface area contributed by atoms with E-state index in [4.69, 9.17) is 29.9 Å². The number of carbonyl (C=O) groups is 1. The van der Waals surface area contributed by atoms with Gasteiger partial charge in [0.2, 0.25) is 0 Å². The van der Waals surface area contributed by atoms with Crippen LogP contribution in [0, 0.1) is 0 Å². The number of benzene rings is 3. The van der Waals surface area contributed by atoms with Gasteiger partial charge in [0.15, 0.2) is 5.69 Å². The number of ether oxygens (including phenoxy) is 4. The molecule has 34 heavy (non-hydrogen) atoms. The Labute approximate surface area is 198 Å². The predicted molar refractivity (Wildman–Crippen MR) is 130 cm³/mol. The first-order chi connectivity index (χ1) is 16.3. The third-order valence-electron chi connectivity index (χ3n) is 4.84. The third-order valence-corrected chi connectivity index (χ3v) is 4.84. The molecule has 0 saturated heterocycles. The van der Waals surface area contributed by atoms with Crippen molar-refractivity contribution in [3.8, 4) is 23.0 Å². The van der Waals surface area contributed by atoms with Crippen LogP contribution in [0.3, 0.4) is 0 Å². The Balaban J connectivity index is 1.89. The number of nitrogen functional groups attached to an aromatic ring is 1. The van der Waals surface area contributed by atoms with Crippen LogP contribution in [0.25, 0.3) is 12.2 Å². The number of methoxy groups -OCH3 is 2. The molecule has 0 aromatic heterocycles. The summed E-state index contributed by atoms with van der Waals surface area (Å²) in [6.07, 6.45) is 3.59. The third kappa shape index (κ3) is 6.06. The zero-order valence-electron chi connectivity index (χ0n) is 19.6. The molecule has 0 spiro atoms. The Kier molecular flexibility index (Phi) is 8.13. The van der Waals surface area contributed by atoms with Crippen molar-refractivity contribution in [3.05, 3.63) is 71.3 Å². The molecule has 0 unspecified atom stereocenters. The summed E-state index contributed by atoms with van der Waals surface area (Å²) in [6.45, 7) is 3.72. The van der Waals surface area contributed by atoms with E-state index in [-0.39, 0.29) is 17.4 Å². The largest absolute Gasteiger partial charge is 0.496 e. The number of rotatable bonds is 9. The number of nitrogens with two attached hydrogens (primary N) is 2. The summed E-state index contributed by atoms with van der Waals surface area (Å²) >= 11 is 0. The van der Waals surface area contributed by atoms with Crippen molar-refractivity contribution < 1.29 is 34.4 Å². The number of hydrogen-bond acceptors (Lipinski definition) is 7. The maximum absolute atomic E-state index is 12.9. The van der Waals surface area contributed by atoms with Crippen LogP contribution in [-0.4, -0.2) is 31.5 Å². The Bertz CT molecular complexity index is 1150. The minimum Gasteiger partial charge on any atom is -0.496 e. The highest BCUT2D eigenvalue weighted by Gasteiger charge is 2.19. The van der Waals surface area contributed by atoms with E-state index < -0.39 is 5.97 Å².